The van der Waals surface area contributed by atoms with E-state index in [0.717, 1.165) is 44.1 Å². The van der Waals surface area contributed by atoms with Crippen molar-refractivity contribution in [1.29, 1.82) is 0 Å². The minimum Gasteiger partial charge on any atom is -0.508 e. The van der Waals surface area contributed by atoms with Crippen molar-refractivity contribution in [3.63, 3.8) is 0 Å². The van der Waals surface area contributed by atoms with Crippen molar-refractivity contribution in [2.75, 3.05) is 6.61 Å². The number of ether oxygens (including phenoxy) is 2. The molecule has 0 radical (unpaired) electrons. The van der Waals surface area contributed by atoms with E-state index in [1.165, 1.54) is 16.7 Å². The lowest BCUT2D eigenvalue weighted by Gasteiger charge is -2.33. The second-order valence-electron chi connectivity index (χ2n) is 9.75. The molecule has 1 aromatic carbocycles. The van der Waals surface area contributed by atoms with Crippen molar-refractivity contribution in [3.8, 4) is 11.5 Å². The lowest BCUT2D eigenvalue weighted by Crippen LogP contribution is -2.32. The molecule has 0 amide bonds. The minimum absolute atomic E-state index is 0.0782. The molecule has 186 valence electrons. The summed E-state index contributed by atoms with van der Waals surface area (Å²) in [4.78, 5) is 12.0. The van der Waals surface area contributed by atoms with E-state index < -0.39 is 5.60 Å². The van der Waals surface area contributed by atoms with Crippen LogP contribution in [0.5, 0.6) is 11.5 Å². The number of fused-ring (bicyclic) bond motifs is 1. The summed E-state index contributed by atoms with van der Waals surface area (Å²) in [5.41, 5.74) is 5.21. The van der Waals surface area contributed by atoms with Crippen LogP contribution in [0.1, 0.15) is 91.2 Å². The number of phenolic OH excluding ortho intramolecular Hbond substituents is 1. The quantitative estimate of drug-likeness (QED) is 0.252. The maximum atomic E-state index is 12.0. The smallest absolute Gasteiger partial charge is 0.310 e. The lowest BCUT2D eigenvalue weighted by molar-refractivity contribution is -0.142. The monoisotopic (exact) mass is 466 g/mol. The minimum atomic E-state index is -0.467. The first-order chi connectivity index (χ1) is 16.1. The summed E-state index contributed by atoms with van der Waals surface area (Å²) < 4.78 is 11.5. The van der Waals surface area contributed by atoms with Gasteiger partial charge < -0.3 is 14.6 Å². The molecule has 0 saturated carbocycles. The molecule has 0 fully saturated rings. The van der Waals surface area contributed by atoms with Crippen LogP contribution in [-0.2, 0) is 16.0 Å². The van der Waals surface area contributed by atoms with E-state index in [-0.39, 0.29) is 18.1 Å². The highest BCUT2D eigenvalue weighted by Gasteiger charge is 2.29. The van der Waals surface area contributed by atoms with Crippen LogP contribution >= 0.6 is 0 Å². The third-order valence-electron chi connectivity index (χ3n) is 6.03. The molecule has 2 rings (SSSR count). The van der Waals surface area contributed by atoms with E-state index in [1.54, 1.807) is 19.1 Å². The van der Waals surface area contributed by atoms with Crippen molar-refractivity contribution in [2.45, 2.75) is 92.1 Å². The summed E-state index contributed by atoms with van der Waals surface area (Å²) in [5.74, 6) is 0.454. The van der Waals surface area contributed by atoms with Gasteiger partial charge in [0.15, 0.2) is 0 Å². The predicted octanol–water partition coefficient (Wildman–Crippen LogP) is 7.86. The number of allylic oxidation sites excluding steroid dienone is 6. The Hall–Kier alpha value is -2.75. The number of hydrogen-bond donors (Lipinski definition) is 1. The number of rotatable bonds is 12. The summed E-state index contributed by atoms with van der Waals surface area (Å²) in [6.07, 6.45) is 17.2. The lowest BCUT2D eigenvalue weighted by atomic mass is 9.92. The number of benzene rings is 1. The fraction of sp³-hybridized carbons (Fsp3) is 0.500. The summed E-state index contributed by atoms with van der Waals surface area (Å²) in [5, 5.41) is 10.1. The summed E-state index contributed by atoms with van der Waals surface area (Å²) in [7, 11) is 0. The van der Waals surface area contributed by atoms with E-state index >= 15 is 0 Å². The normalized spacial score (nSPS) is 17.7. The van der Waals surface area contributed by atoms with Crippen LogP contribution in [0.25, 0.3) is 6.08 Å². The first kappa shape index (κ1) is 27.5. The van der Waals surface area contributed by atoms with Gasteiger partial charge in [-0.3, -0.25) is 4.79 Å². The van der Waals surface area contributed by atoms with Crippen LogP contribution in [0, 0.1) is 0 Å². The third-order valence-corrected chi connectivity index (χ3v) is 6.03. The van der Waals surface area contributed by atoms with Gasteiger partial charge in [-0.15, -0.1) is 0 Å². The van der Waals surface area contributed by atoms with Crippen LogP contribution < -0.4 is 4.74 Å². The number of hydrogen-bond acceptors (Lipinski definition) is 4. The molecular weight excluding hydrogens is 424 g/mol. The summed E-state index contributed by atoms with van der Waals surface area (Å²) in [6.45, 7) is 12.9. The number of phenols is 1. The van der Waals surface area contributed by atoms with Gasteiger partial charge in [0.1, 0.15) is 17.1 Å². The SMILES string of the molecule is CCOC(=O)Cc1cc(O)cc2c1O[C@@](C)(CC/C=C(\C)CC/C=C(\C)CCC=C(C)C)C=C2. The highest BCUT2D eigenvalue weighted by atomic mass is 16.5. The fourth-order valence-corrected chi connectivity index (χ4v) is 4.05. The number of carbonyl (C=O) groups excluding carboxylic acids is 1. The molecule has 1 aliphatic heterocycles. The standard InChI is InChI=1S/C30H42O4/c1-7-33-28(32)21-26-20-27(31)19-25-16-18-30(6,34-29(25)26)17-10-15-24(5)14-9-13-23(4)12-8-11-22(2)3/h11,13,15-16,18-20,31H,7-10,12,14,17,21H2,1-6H3/b23-13+,24-15+/t30-/m0/s1. The second kappa shape index (κ2) is 13.2. The maximum absolute atomic E-state index is 12.0. The second-order valence-corrected chi connectivity index (χ2v) is 9.75. The van der Waals surface area contributed by atoms with E-state index in [4.69, 9.17) is 9.47 Å². The molecule has 0 saturated heterocycles. The van der Waals surface area contributed by atoms with E-state index in [2.05, 4.69) is 52.8 Å². The molecule has 0 unspecified atom stereocenters. The van der Waals surface area contributed by atoms with Gasteiger partial charge in [-0.2, -0.15) is 0 Å². The van der Waals surface area contributed by atoms with Crippen molar-refractivity contribution >= 4 is 12.0 Å². The molecule has 1 atom stereocenters. The van der Waals surface area contributed by atoms with Crippen molar-refractivity contribution in [3.05, 3.63) is 64.3 Å². The third kappa shape index (κ3) is 9.24. The Morgan fingerprint density at radius 3 is 2.32 bits per heavy atom. The van der Waals surface area contributed by atoms with Crippen LogP contribution in [0.3, 0.4) is 0 Å². The average molecular weight is 467 g/mol. The van der Waals surface area contributed by atoms with Gasteiger partial charge in [0.25, 0.3) is 0 Å². The highest BCUT2D eigenvalue weighted by molar-refractivity contribution is 5.76. The van der Waals surface area contributed by atoms with Gasteiger partial charge in [-0.25, -0.2) is 0 Å². The zero-order chi connectivity index (χ0) is 25.1. The predicted molar refractivity (Wildman–Crippen MR) is 141 cm³/mol. The van der Waals surface area contributed by atoms with Gasteiger partial charge in [-0.1, -0.05) is 41.0 Å². The molecule has 1 heterocycles. The Kier molecular flexibility index (Phi) is 10.7. The van der Waals surface area contributed by atoms with E-state index in [1.807, 2.05) is 12.2 Å². The Bertz CT molecular complexity index is 960. The Morgan fingerprint density at radius 1 is 1.03 bits per heavy atom. The first-order valence-electron chi connectivity index (χ1n) is 12.5. The Balaban J connectivity index is 1.93. The molecule has 1 N–H and O–H groups in total. The van der Waals surface area contributed by atoms with E-state index in [0.29, 0.717) is 17.9 Å². The molecule has 1 aliphatic rings. The highest BCUT2D eigenvalue weighted by Crippen LogP contribution is 2.39. The molecule has 0 bridgehead atoms. The van der Waals surface area contributed by atoms with Crippen LogP contribution in [0.15, 0.2) is 53.2 Å². The molecule has 34 heavy (non-hydrogen) atoms. The number of aromatic hydroxyl groups is 1. The first-order valence-corrected chi connectivity index (χ1v) is 12.5. The van der Waals surface area contributed by atoms with Crippen molar-refractivity contribution in [1.82, 2.24) is 0 Å². The maximum Gasteiger partial charge on any atom is 0.310 e. The Morgan fingerprint density at radius 2 is 1.68 bits per heavy atom. The fourth-order valence-electron chi connectivity index (χ4n) is 4.05. The molecule has 4 heteroatoms. The molecule has 4 nitrogen and oxygen atoms in total. The van der Waals surface area contributed by atoms with Crippen LogP contribution in [0.2, 0.25) is 0 Å². The average Bonchev–Trinajstić information content (AvgIpc) is 2.74. The van der Waals surface area contributed by atoms with Crippen LogP contribution in [-0.4, -0.2) is 23.3 Å². The molecule has 0 aromatic heterocycles. The van der Waals surface area contributed by atoms with Gasteiger partial charge >= 0.3 is 5.97 Å². The van der Waals surface area contributed by atoms with Crippen LogP contribution in [0.4, 0.5) is 0 Å². The van der Waals surface area contributed by atoms with Crippen molar-refractivity contribution in [2.24, 2.45) is 0 Å². The zero-order valence-corrected chi connectivity index (χ0v) is 21.9. The summed E-state index contributed by atoms with van der Waals surface area (Å²) in [6, 6.07) is 3.26. The van der Waals surface area contributed by atoms with Gasteiger partial charge in [0.05, 0.1) is 13.0 Å². The number of esters is 1. The van der Waals surface area contributed by atoms with Gasteiger partial charge in [0.2, 0.25) is 0 Å². The van der Waals surface area contributed by atoms with Crippen molar-refractivity contribution < 1.29 is 19.4 Å². The topological polar surface area (TPSA) is 55.8 Å². The summed E-state index contributed by atoms with van der Waals surface area (Å²) >= 11 is 0. The molecule has 1 aromatic rings. The van der Waals surface area contributed by atoms with Gasteiger partial charge in [-0.05, 0) is 98.3 Å². The molecule has 0 aliphatic carbocycles. The number of carbonyl (C=O) groups is 1. The van der Waals surface area contributed by atoms with E-state index in [9.17, 15) is 9.90 Å². The Labute approximate surface area is 206 Å². The largest absolute Gasteiger partial charge is 0.508 e. The zero-order valence-electron chi connectivity index (χ0n) is 21.9. The van der Waals surface area contributed by atoms with Gasteiger partial charge in [0, 0.05) is 11.1 Å². The molecular formula is C30H42O4. The molecule has 0 spiro atoms.